The zero-order valence-corrected chi connectivity index (χ0v) is 10.6. The van der Waals surface area contributed by atoms with Gasteiger partial charge in [-0.25, -0.2) is 14.4 Å². The number of nitrogens with zero attached hydrogens (tertiary/aromatic N) is 2. The summed E-state index contributed by atoms with van der Waals surface area (Å²) in [4.78, 5) is 19.5. The summed E-state index contributed by atoms with van der Waals surface area (Å²) >= 11 is 1.31. The minimum Gasteiger partial charge on any atom is -0.296 e. The van der Waals surface area contributed by atoms with Gasteiger partial charge in [0, 0.05) is 10.6 Å². The fourth-order valence-electron chi connectivity index (χ4n) is 1.49. The van der Waals surface area contributed by atoms with Gasteiger partial charge in [-0.15, -0.1) is 11.8 Å². The molecule has 0 spiro atoms. The Hall–Kier alpha value is -1.75. The first-order valence-corrected chi connectivity index (χ1v) is 6.34. The van der Waals surface area contributed by atoms with Crippen LogP contribution in [0.2, 0.25) is 0 Å². The quantitative estimate of drug-likeness (QED) is 0.627. The number of halogens is 1. The predicted molar refractivity (Wildman–Crippen MR) is 68.1 cm³/mol. The molecule has 1 aromatic heterocycles. The molecule has 0 unspecified atom stereocenters. The van der Waals surface area contributed by atoms with E-state index in [0.717, 1.165) is 5.69 Å². The number of hydrogen-bond acceptors (Lipinski definition) is 4. The van der Waals surface area contributed by atoms with E-state index in [0.29, 0.717) is 28.5 Å². The van der Waals surface area contributed by atoms with Crippen LogP contribution in [0.1, 0.15) is 22.0 Å². The number of hydrogen-bond donors (Lipinski definition) is 0. The third-order valence-electron chi connectivity index (χ3n) is 2.23. The molecule has 0 amide bonds. The SMILES string of the molecule is Cc1cc(C=O)nc(CSc2ccccc2F)n1. The number of thioether (sulfide) groups is 1. The molecule has 0 aliphatic heterocycles. The molecule has 0 fully saturated rings. The molecule has 92 valence electrons. The number of aromatic nitrogens is 2. The molecule has 0 radical (unpaired) electrons. The molecule has 1 heterocycles. The van der Waals surface area contributed by atoms with Gasteiger partial charge in [0.2, 0.25) is 0 Å². The van der Waals surface area contributed by atoms with Crippen LogP contribution >= 0.6 is 11.8 Å². The molecule has 5 heteroatoms. The van der Waals surface area contributed by atoms with E-state index < -0.39 is 0 Å². The molecule has 0 aliphatic rings. The first-order chi connectivity index (χ1) is 8.69. The Balaban J connectivity index is 2.13. The molecule has 18 heavy (non-hydrogen) atoms. The fraction of sp³-hybridized carbons (Fsp3) is 0.154. The Morgan fingerprint density at radius 2 is 2.11 bits per heavy atom. The van der Waals surface area contributed by atoms with Gasteiger partial charge >= 0.3 is 0 Å². The van der Waals surface area contributed by atoms with E-state index >= 15 is 0 Å². The molecule has 0 saturated heterocycles. The first kappa shape index (κ1) is 12.7. The summed E-state index contributed by atoms with van der Waals surface area (Å²) < 4.78 is 13.4. The van der Waals surface area contributed by atoms with Gasteiger partial charge in [0.25, 0.3) is 0 Å². The van der Waals surface area contributed by atoms with Crippen LogP contribution in [0, 0.1) is 12.7 Å². The van der Waals surface area contributed by atoms with Crippen LogP contribution < -0.4 is 0 Å². The maximum atomic E-state index is 13.4. The molecular weight excluding hydrogens is 251 g/mol. The van der Waals surface area contributed by atoms with Gasteiger partial charge in [0.05, 0.1) is 5.75 Å². The minimum absolute atomic E-state index is 0.259. The lowest BCUT2D eigenvalue weighted by atomic mass is 10.3. The Morgan fingerprint density at radius 1 is 1.33 bits per heavy atom. The lowest BCUT2D eigenvalue weighted by molar-refractivity contribution is 0.111. The van der Waals surface area contributed by atoms with E-state index in [1.54, 1.807) is 31.2 Å². The number of aryl methyl sites for hydroxylation is 1. The van der Waals surface area contributed by atoms with Crippen LogP contribution in [0.4, 0.5) is 4.39 Å². The average molecular weight is 262 g/mol. The summed E-state index contributed by atoms with van der Waals surface area (Å²) in [7, 11) is 0. The van der Waals surface area contributed by atoms with Crippen LogP contribution in [-0.2, 0) is 5.75 Å². The number of carbonyl (C=O) groups is 1. The van der Waals surface area contributed by atoms with Crippen LogP contribution in [0.5, 0.6) is 0 Å². The van der Waals surface area contributed by atoms with Crippen molar-refractivity contribution in [3.8, 4) is 0 Å². The zero-order valence-electron chi connectivity index (χ0n) is 9.76. The Bertz CT molecular complexity index is 575. The van der Waals surface area contributed by atoms with Crippen LogP contribution in [0.3, 0.4) is 0 Å². The van der Waals surface area contributed by atoms with Gasteiger partial charge in [0.15, 0.2) is 6.29 Å². The van der Waals surface area contributed by atoms with Crippen molar-refractivity contribution in [2.24, 2.45) is 0 Å². The van der Waals surface area contributed by atoms with Crippen LogP contribution in [0.25, 0.3) is 0 Å². The summed E-state index contributed by atoms with van der Waals surface area (Å²) in [5.41, 5.74) is 1.09. The Kier molecular flexibility index (Phi) is 4.04. The lowest BCUT2D eigenvalue weighted by Gasteiger charge is -2.03. The monoisotopic (exact) mass is 262 g/mol. The third kappa shape index (κ3) is 3.13. The lowest BCUT2D eigenvalue weighted by Crippen LogP contribution is -1.99. The Morgan fingerprint density at radius 3 is 2.83 bits per heavy atom. The first-order valence-electron chi connectivity index (χ1n) is 5.36. The molecule has 0 N–H and O–H groups in total. The Labute approximate surface area is 108 Å². The van der Waals surface area contributed by atoms with Gasteiger partial charge in [-0.05, 0) is 25.1 Å². The van der Waals surface area contributed by atoms with Crippen molar-refractivity contribution in [2.75, 3.05) is 0 Å². The van der Waals surface area contributed by atoms with Crippen LogP contribution in [-0.4, -0.2) is 16.3 Å². The van der Waals surface area contributed by atoms with Gasteiger partial charge in [-0.1, -0.05) is 12.1 Å². The molecule has 3 nitrogen and oxygen atoms in total. The average Bonchev–Trinajstić information content (AvgIpc) is 2.37. The highest BCUT2D eigenvalue weighted by Crippen LogP contribution is 2.23. The van der Waals surface area contributed by atoms with Crippen molar-refractivity contribution < 1.29 is 9.18 Å². The normalized spacial score (nSPS) is 10.3. The van der Waals surface area contributed by atoms with Crippen molar-refractivity contribution >= 4 is 18.0 Å². The van der Waals surface area contributed by atoms with E-state index in [9.17, 15) is 9.18 Å². The number of carbonyl (C=O) groups excluding carboxylic acids is 1. The van der Waals surface area contributed by atoms with Gasteiger partial charge in [-0.3, -0.25) is 4.79 Å². The minimum atomic E-state index is -0.259. The third-order valence-corrected chi connectivity index (χ3v) is 3.28. The van der Waals surface area contributed by atoms with E-state index in [1.807, 2.05) is 0 Å². The van der Waals surface area contributed by atoms with E-state index in [-0.39, 0.29) is 5.82 Å². The maximum Gasteiger partial charge on any atom is 0.168 e. The van der Waals surface area contributed by atoms with Gasteiger partial charge < -0.3 is 0 Å². The highest BCUT2D eigenvalue weighted by molar-refractivity contribution is 7.98. The van der Waals surface area contributed by atoms with Crippen LogP contribution in [0.15, 0.2) is 35.2 Å². The molecule has 0 aliphatic carbocycles. The summed E-state index contributed by atoms with van der Waals surface area (Å²) in [6, 6.07) is 8.16. The van der Waals surface area contributed by atoms with Crippen molar-refractivity contribution in [1.82, 2.24) is 9.97 Å². The van der Waals surface area contributed by atoms with Crippen molar-refractivity contribution in [1.29, 1.82) is 0 Å². The smallest absolute Gasteiger partial charge is 0.168 e. The summed E-state index contributed by atoms with van der Waals surface area (Å²) in [5, 5.41) is 0. The zero-order chi connectivity index (χ0) is 13.0. The van der Waals surface area contributed by atoms with E-state index in [4.69, 9.17) is 0 Å². The van der Waals surface area contributed by atoms with E-state index in [1.165, 1.54) is 17.8 Å². The largest absolute Gasteiger partial charge is 0.296 e. The number of benzene rings is 1. The van der Waals surface area contributed by atoms with Crippen molar-refractivity contribution in [2.45, 2.75) is 17.6 Å². The number of aldehydes is 1. The fourth-order valence-corrected chi connectivity index (χ4v) is 2.28. The standard InChI is InChI=1S/C13H11FN2OS/c1-9-6-10(7-17)16-13(15-9)8-18-12-5-3-2-4-11(12)14/h2-7H,8H2,1H3. The molecule has 0 atom stereocenters. The number of rotatable bonds is 4. The van der Waals surface area contributed by atoms with E-state index in [2.05, 4.69) is 9.97 Å². The molecule has 2 aromatic rings. The van der Waals surface area contributed by atoms with Gasteiger partial charge in [-0.2, -0.15) is 0 Å². The summed E-state index contributed by atoms with van der Waals surface area (Å²) in [6.07, 6.45) is 0.686. The highest BCUT2D eigenvalue weighted by atomic mass is 32.2. The summed E-state index contributed by atoms with van der Waals surface area (Å²) in [5.74, 6) is 0.708. The predicted octanol–water partition coefficient (Wildman–Crippen LogP) is 3.03. The topological polar surface area (TPSA) is 42.9 Å². The van der Waals surface area contributed by atoms with Crippen molar-refractivity contribution in [3.05, 3.63) is 53.4 Å². The second-order valence-electron chi connectivity index (χ2n) is 3.69. The van der Waals surface area contributed by atoms with Crippen molar-refractivity contribution in [3.63, 3.8) is 0 Å². The molecule has 0 bridgehead atoms. The maximum absolute atomic E-state index is 13.4. The molecule has 1 aromatic carbocycles. The molecule has 0 saturated carbocycles. The van der Waals surface area contributed by atoms with Gasteiger partial charge in [0.1, 0.15) is 17.3 Å². The second-order valence-corrected chi connectivity index (χ2v) is 4.70. The highest BCUT2D eigenvalue weighted by Gasteiger charge is 2.05. The summed E-state index contributed by atoms with van der Waals surface area (Å²) in [6.45, 7) is 1.80. The second kappa shape index (κ2) is 5.73. The molecule has 2 rings (SSSR count). The molecular formula is C13H11FN2OS.